The SMILES string of the molecule is C#CCOc1c(I)cc(/C=c2\sc3n(c2=O)[C@@H](c2ccc(Cl)cc2)C(C(=O)OC(C)C)=C(C)N=3)cc1OC. The van der Waals surface area contributed by atoms with Crippen molar-refractivity contribution in [1.82, 2.24) is 4.57 Å². The summed E-state index contributed by atoms with van der Waals surface area (Å²) in [6, 6.07) is 9.99. The summed E-state index contributed by atoms with van der Waals surface area (Å²) >= 11 is 9.51. The lowest BCUT2D eigenvalue weighted by Crippen LogP contribution is -2.40. The largest absolute Gasteiger partial charge is 0.493 e. The standard InChI is InChI=1S/C28H24ClIN2O5S/c1-6-11-36-25-20(30)12-17(13-21(25)35-5)14-22-26(33)32-24(18-7-9-19(29)10-8-18)23(27(34)37-15(2)3)16(4)31-28(32)38-22/h1,7-10,12-15,24H,11H2,2-5H3/b22-14-/t24-/m0/s1. The number of carbonyl (C=O) groups excluding carboxylic acids is 1. The Balaban J connectivity index is 1.90. The highest BCUT2D eigenvalue weighted by Crippen LogP contribution is 2.34. The predicted octanol–water partition coefficient (Wildman–Crippen LogP) is 4.47. The number of halogens is 2. The number of methoxy groups -OCH3 is 1. The van der Waals surface area contributed by atoms with Gasteiger partial charge >= 0.3 is 5.97 Å². The molecule has 0 fully saturated rings. The number of allylic oxidation sites excluding steroid dienone is 1. The summed E-state index contributed by atoms with van der Waals surface area (Å²) in [5, 5.41) is 0.548. The zero-order chi connectivity index (χ0) is 27.6. The molecule has 10 heteroatoms. The monoisotopic (exact) mass is 662 g/mol. The van der Waals surface area contributed by atoms with Gasteiger partial charge in [-0.15, -0.1) is 6.42 Å². The minimum Gasteiger partial charge on any atom is -0.493 e. The molecule has 2 heterocycles. The number of esters is 1. The van der Waals surface area contributed by atoms with Gasteiger partial charge in [0.05, 0.1) is 38.6 Å². The van der Waals surface area contributed by atoms with Gasteiger partial charge in [0.25, 0.3) is 5.56 Å². The Morgan fingerprint density at radius 1 is 1.32 bits per heavy atom. The van der Waals surface area contributed by atoms with Crippen LogP contribution in [0.15, 0.2) is 57.5 Å². The molecule has 0 saturated carbocycles. The van der Waals surface area contributed by atoms with Crippen LogP contribution in [0.3, 0.4) is 0 Å². The Kier molecular flexibility index (Phi) is 8.65. The average Bonchev–Trinajstić information content (AvgIpc) is 3.16. The van der Waals surface area contributed by atoms with Crippen LogP contribution in [0.2, 0.25) is 5.02 Å². The van der Waals surface area contributed by atoms with Gasteiger partial charge in [0.1, 0.15) is 6.61 Å². The number of hydrogen-bond donors (Lipinski definition) is 0. The first-order chi connectivity index (χ1) is 18.1. The van der Waals surface area contributed by atoms with Crippen molar-refractivity contribution in [2.75, 3.05) is 13.7 Å². The van der Waals surface area contributed by atoms with E-state index in [1.54, 1.807) is 64.3 Å². The molecule has 0 spiro atoms. The highest BCUT2D eigenvalue weighted by molar-refractivity contribution is 14.1. The fourth-order valence-corrected chi connectivity index (χ4v) is 6.00. The summed E-state index contributed by atoms with van der Waals surface area (Å²) in [7, 11) is 1.54. The summed E-state index contributed by atoms with van der Waals surface area (Å²) in [6.07, 6.45) is 6.77. The highest BCUT2D eigenvalue weighted by atomic mass is 127. The van der Waals surface area contributed by atoms with Crippen molar-refractivity contribution in [1.29, 1.82) is 0 Å². The minimum absolute atomic E-state index is 0.107. The highest BCUT2D eigenvalue weighted by Gasteiger charge is 2.33. The number of rotatable bonds is 7. The lowest BCUT2D eigenvalue weighted by Gasteiger charge is -2.25. The third-order valence-electron chi connectivity index (χ3n) is 5.62. The van der Waals surface area contributed by atoms with Gasteiger partial charge in [-0.05, 0) is 84.8 Å². The molecule has 1 atom stereocenters. The fourth-order valence-electron chi connectivity index (χ4n) is 4.05. The Hall–Kier alpha value is -3.07. The van der Waals surface area contributed by atoms with E-state index in [1.165, 1.54) is 15.9 Å². The lowest BCUT2D eigenvalue weighted by atomic mass is 9.96. The van der Waals surface area contributed by atoms with Crippen molar-refractivity contribution < 1.29 is 19.0 Å². The molecular formula is C28H24ClIN2O5S. The summed E-state index contributed by atoms with van der Waals surface area (Å²) in [6.45, 7) is 5.41. The fraction of sp³-hybridized carbons (Fsp3) is 0.250. The van der Waals surface area contributed by atoms with E-state index in [-0.39, 0.29) is 18.3 Å². The molecule has 0 radical (unpaired) electrons. The van der Waals surface area contributed by atoms with Crippen molar-refractivity contribution in [2.45, 2.75) is 32.9 Å². The maximum absolute atomic E-state index is 13.8. The summed E-state index contributed by atoms with van der Waals surface area (Å²) in [5.41, 5.74) is 1.99. The van der Waals surface area contributed by atoms with Crippen molar-refractivity contribution in [2.24, 2.45) is 4.99 Å². The number of ether oxygens (including phenoxy) is 3. The minimum atomic E-state index is -0.717. The zero-order valence-corrected chi connectivity index (χ0v) is 24.8. The molecular weight excluding hydrogens is 639 g/mol. The summed E-state index contributed by atoms with van der Waals surface area (Å²) < 4.78 is 19.4. The number of benzene rings is 2. The van der Waals surface area contributed by atoms with E-state index in [9.17, 15) is 9.59 Å². The van der Waals surface area contributed by atoms with E-state index >= 15 is 0 Å². The third kappa shape index (κ3) is 5.67. The molecule has 0 N–H and O–H groups in total. The lowest BCUT2D eigenvalue weighted by molar-refractivity contribution is -0.143. The van der Waals surface area contributed by atoms with Gasteiger partial charge in [-0.2, -0.15) is 0 Å². The molecule has 2 aromatic carbocycles. The maximum atomic E-state index is 13.8. The maximum Gasteiger partial charge on any atom is 0.338 e. The first kappa shape index (κ1) is 28.0. The quantitative estimate of drug-likeness (QED) is 0.212. The van der Waals surface area contributed by atoms with Crippen LogP contribution in [-0.4, -0.2) is 30.4 Å². The number of terminal acetylenes is 1. The van der Waals surface area contributed by atoms with Gasteiger partial charge in [-0.3, -0.25) is 9.36 Å². The molecule has 1 aliphatic rings. The van der Waals surface area contributed by atoms with E-state index in [0.717, 1.165) is 14.7 Å². The molecule has 0 amide bonds. The first-order valence-corrected chi connectivity index (χ1v) is 13.8. The van der Waals surface area contributed by atoms with Crippen LogP contribution < -0.4 is 24.4 Å². The smallest absolute Gasteiger partial charge is 0.338 e. The van der Waals surface area contributed by atoms with E-state index in [2.05, 4.69) is 33.5 Å². The number of aromatic nitrogens is 1. The molecule has 38 heavy (non-hydrogen) atoms. The Morgan fingerprint density at radius 3 is 2.66 bits per heavy atom. The molecule has 3 aromatic rings. The van der Waals surface area contributed by atoms with E-state index < -0.39 is 12.0 Å². The summed E-state index contributed by atoms with van der Waals surface area (Å²) in [5.74, 6) is 2.97. The number of hydrogen-bond acceptors (Lipinski definition) is 7. The molecule has 4 rings (SSSR count). The van der Waals surface area contributed by atoms with Crippen LogP contribution in [0.1, 0.15) is 37.9 Å². The van der Waals surface area contributed by atoms with Crippen LogP contribution in [0, 0.1) is 15.9 Å². The van der Waals surface area contributed by atoms with Gasteiger partial charge in [0.2, 0.25) is 0 Å². The molecule has 1 aromatic heterocycles. The first-order valence-electron chi connectivity index (χ1n) is 11.6. The molecule has 1 aliphatic heterocycles. The number of nitrogens with zero attached hydrogens (tertiary/aromatic N) is 2. The van der Waals surface area contributed by atoms with Gasteiger partial charge in [0.15, 0.2) is 16.3 Å². The molecule has 0 aliphatic carbocycles. The van der Waals surface area contributed by atoms with E-state index in [1.807, 2.05) is 6.07 Å². The van der Waals surface area contributed by atoms with Crippen molar-refractivity contribution in [3.8, 4) is 23.8 Å². The van der Waals surface area contributed by atoms with Crippen LogP contribution in [-0.2, 0) is 9.53 Å². The van der Waals surface area contributed by atoms with Crippen LogP contribution in [0.5, 0.6) is 11.5 Å². The van der Waals surface area contributed by atoms with Crippen LogP contribution in [0.4, 0.5) is 0 Å². The van der Waals surface area contributed by atoms with Crippen molar-refractivity contribution in [3.05, 3.63) is 87.1 Å². The van der Waals surface area contributed by atoms with Crippen LogP contribution >= 0.6 is 45.5 Å². The van der Waals surface area contributed by atoms with E-state index in [0.29, 0.717) is 37.1 Å². The number of fused-ring (bicyclic) bond motifs is 1. The molecule has 196 valence electrons. The second-order valence-electron chi connectivity index (χ2n) is 8.61. The third-order valence-corrected chi connectivity index (χ3v) is 7.66. The van der Waals surface area contributed by atoms with Crippen molar-refractivity contribution >= 4 is 57.6 Å². The van der Waals surface area contributed by atoms with Gasteiger partial charge in [-0.25, -0.2) is 9.79 Å². The zero-order valence-electron chi connectivity index (χ0n) is 21.1. The number of carbonyl (C=O) groups is 1. The molecule has 7 nitrogen and oxygen atoms in total. The van der Waals surface area contributed by atoms with E-state index in [4.69, 9.17) is 32.2 Å². The second kappa shape index (κ2) is 11.8. The summed E-state index contributed by atoms with van der Waals surface area (Å²) in [4.78, 5) is 32.1. The Labute approximate surface area is 242 Å². The normalized spacial score (nSPS) is 15.1. The molecule has 0 saturated heterocycles. The Morgan fingerprint density at radius 2 is 2.03 bits per heavy atom. The topological polar surface area (TPSA) is 79.1 Å². The second-order valence-corrected chi connectivity index (χ2v) is 11.2. The average molecular weight is 663 g/mol. The molecule has 0 unspecified atom stereocenters. The Bertz CT molecular complexity index is 1650. The van der Waals surface area contributed by atoms with Gasteiger partial charge in [0, 0.05) is 5.02 Å². The predicted molar refractivity (Wildman–Crippen MR) is 156 cm³/mol. The van der Waals surface area contributed by atoms with Gasteiger partial charge in [-0.1, -0.05) is 41.0 Å². The van der Waals surface area contributed by atoms with Crippen LogP contribution in [0.25, 0.3) is 6.08 Å². The molecule has 0 bridgehead atoms. The van der Waals surface area contributed by atoms with Crippen molar-refractivity contribution in [3.63, 3.8) is 0 Å². The van der Waals surface area contributed by atoms with Gasteiger partial charge < -0.3 is 14.2 Å². The number of thiazole rings is 1.